The molecule has 0 aliphatic heterocycles. The summed E-state index contributed by atoms with van der Waals surface area (Å²) in [5, 5.41) is 11.1. The minimum Gasteiger partial charge on any atom is -0.490 e. The Morgan fingerprint density at radius 2 is 1.80 bits per heavy atom. The quantitative estimate of drug-likeness (QED) is 0.344. The number of nitro groups is 1. The first-order valence-corrected chi connectivity index (χ1v) is 8.49. The van der Waals surface area contributed by atoms with Crippen molar-refractivity contribution in [2.24, 2.45) is 0 Å². The van der Waals surface area contributed by atoms with Crippen LogP contribution >= 0.6 is 31.9 Å². The molecule has 0 aliphatic rings. The van der Waals surface area contributed by atoms with E-state index in [-0.39, 0.29) is 29.6 Å². The third-order valence-electron chi connectivity index (χ3n) is 3.20. The van der Waals surface area contributed by atoms with Gasteiger partial charge < -0.3 is 14.2 Å². The number of ether oxygens (including phenoxy) is 3. The first-order valence-electron chi connectivity index (χ1n) is 6.90. The zero-order chi connectivity index (χ0) is 18.6. The summed E-state index contributed by atoms with van der Waals surface area (Å²) in [5.74, 6) is 0.477. The van der Waals surface area contributed by atoms with Crippen LogP contribution < -0.4 is 9.47 Å². The van der Waals surface area contributed by atoms with Gasteiger partial charge in [-0.25, -0.2) is 0 Å². The molecule has 132 valence electrons. The molecule has 0 aromatic heterocycles. The maximum Gasteiger partial charge on any atom is 0.314 e. The normalized spacial score (nSPS) is 10.2. The van der Waals surface area contributed by atoms with E-state index < -0.39 is 4.92 Å². The second-order valence-corrected chi connectivity index (χ2v) is 6.54. The summed E-state index contributed by atoms with van der Waals surface area (Å²) in [4.78, 5) is 21.9. The molecule has 0 saturated heterocycles. The smallest absolute Gasteiger partial charge is 0.314 e. The summed E-state index contributed by atoms with van der Waals surface area (Å²) in [6.45, 7) is 0. The number of halogens is 2. The predicted molar refractivity (Wildman–Crippen MR) is 97.3 cm³/mol. The van der Waals surface area contributed by atoms with Crippen LogP contribution in [0, 0.1) is 10.1 Å². The monoisotopic (exact) mass is 473 g/mol. The number of benzene rings is 2. The van der Waals surface area contributed by atoms with Crippen LogP contribution in [0.5, 0.6) is 17.2 Å². The van der Waals surface area contributed by atoms with Crippen molar-refractivity contribution in [3.8, 4) is 17.2 Å². The second-order valence-electron chi connectivity index (χ2n) is 4.83. The van der Waals surface area contributed by atoms with Crippen LogP contribution in [0.2, 0.25) is 0 Å². The summed E-state index contributed by atoms with van der Waals surface area (Å²) < 4.78 is 16.5. The van der Waals surface area contributed by atoms with Gasteiger partial charge in [-0.2, -0.15) is 0 Å². The van der Waals surface area contributed by atoms with Gasteiger partial charge in [-0.3, -0.25) is 14.9 Å². The van der Waals surface area contributed by atoms with Crippen LogP contribution in [-0.4, -0.2) is 25.1 Å². The van der Waals surface area contributed by atoms with E-state index >= 15 is 0 Å². The lowest BCUT2D eigenvalue weighted by molar-refractivity contribution is -0.385. The summed E-state index contributed by atoms with van der Waals surface area (Å²) >= 11 is 6.75. The fourth-order valence-electron chi connectivity index (χ4n) is 2.04. The molecule has 0 amide bonds. The number of carbonyl (C=O) groups excluding carboxylic acids is 1. The van der Waals surface area contributed by atoms with Gasteiger partial charge in [0.15, 0.2) is 11.5 Å². The van der Waals surface area contributed by atoms with Crippen molar-refractivity contribution in [2.75, 3.05) is 14.2 Å². The highest BCUT2D eigenvalue weighted by Crippen LogP contribution is 2.40. The molecule has 0 saturated carbocycles. The van der Waals surface area contributed by atoms with Crippen molar-refractivity contribution >= 4 is 43.5 Å². The number of nitrogens with zero attached hydrogens (tertiary/aromatic N) is 1. The van der Waals surface area contributed by atoms with Crippen LogP contribution in [0.1, 0.15) is 5.56 Å². The van der Waals surface area contributed by atoms with Crippen molar-refractivity contribution in [1.82, 2.24) is 0 Å². The van der Waals surface area contributed by atoms with E-state index in [0.717, 1.165) is 5.56 Å². The summed E-state index contributed by atoms with van der Waals surface area (Å²) in [6, 6.07) is 7.73. The Morgan fingerprint density at radius 3 is 2.32 bits per heavy atom. The topological polar surface area (TPSA) is 87.9 Å². The number of esters is 1. The van der Waals surface area contributed by atoms with Gasteiger partial charge in [0.25, 0.3) is 0 Å². The number of carbonyl (C=O) groups is 1. The zero-order valence-corrected chi connectivity index (χ0v) is 16.4. The SMILES string of the molecule is COC(=O)Cc1cc(Br)c(Oc2ccc(OC)c([N+](=O)[O-])c2)c(Br)c1. The average molecular weight is 475 g/mol. The Balaban J connectivity index is 2.33. The molecule has 0 N–H and O–H groups in total. The van der Waals surface area contributed by atoms with Gasteiger partial charge >= 0.3 is 11.7 Å². The van der Waals surface area contributed by atoms with Crippen LogP contribution in [-0.2, 0) is 16.0 Å². The van der Waals surface area contributed by atoms with E-state index in [0.29, 0.717) is 14.7 Å². The summed E-state index contributed by atoms with van der Waals surface area (Å²) in [7, 11) is 2.68. The Hall–Kier alpha value is -2.13. The summed E-state index contributed by atoms with van der Waals surface area (Å²) in [5.41, 5.74) is 0.521. The largest absolute Gasteiger partial charge is 0.490 e. The molecule has 0 atom stereocenters. The minimum absolute atomic E-state index is 0.113. The predicted octanol–water partition coefficient (Wildman–Crippen LogP) is 4.64. The van der Waals surface area contributed by atoms with E-state index in [9.17, 15) is 14.9 Å². The van der Waals surface area contributed by atoms with Gasteiger partial charge in [-0.05, 0) is 61.7 Å². The van der Waals surface area contributed by atoms with Gasteiger partial charge in [0, 0.05) is 0 Å². The van der Waals surface area contributed by atoms with Gasteiger partial charge in [0.1, 0.15) is 5.75 Å². The van der Waals surface area contributed by atoms with Gasteiger partial charge in [0.05, 0.1) is 40.6 Å². The van der Waals surface area contributed by atoms with E-state index in [4.69, 9.17) is 9.47 Å². The maximum atomic E-state index is 11.4. The van der Waals surface area contributed by atoms with Crippen LogP contribution in [0.3, 0.4) is 0 Å². The molecule has 0 spiro atoms. The molecule has 9 heteroatoms. The first kappa shape index (κ1) is 19.2. The lowest BCUT2D eigenvalue weighted by Crippen LogP contribution is -2.04. The number of hydrogen-bond acceptors (Lipinski definition) is 6. The van der Waals surface area contributed by atoms with Gasteiger partial charge in [0.2, 0.25) is 0 Å². The van der Waals surface area contributed by atoms with E-state index in [1.807, 2.05) is 0 Å². The van der Waals surface area contributed by atoms with Gasteiger partial charge in [-0.15, -0.1) is 0 Å². The molecule has 7 nitrogen and oxygen atoms in total. The number of rotatable bonds is 6. The lowest BCUT2D eigenvalue weighted by atomic mass is 10.1. The Kier molecular flexibility index (Phi) is 6.38. The Labute approximate surface area is 160 Å². The molecule has 0 unspecified atom stereocenters. The van der Waals surface area contributed by atoms with E-state index in [1.54, 1.807) is 18.2 Å². The molecule has 0 heterocycles. The highest BCUT2D eigenvalue weighted by molar-refractivity contribution is 9.11. The molecule has 0 fully saturated rings. The number of nitro benzene ring substituents is 1. The highest BCUT2D eigenvalue weighted by atomic mass is 79.9. The number of methoxy groups -OCH3 is 2. The van der Waals surface area contributed by atoms with Crippen molar-refractivity contribution in [3.63, 3.8) is 0 Å². The van der Waals surface area contributed by atoms with Crippen molar-refractivity contribution < 1.29 is 23.9 Å². The lowest BCUT2D eigenvalue weighted by Gasteiger charge is -2.12. The molecule has 2 aromatic carbocycles. The van der Waals surface area contributed by atoms with Crippen LogP contribution in [0.15, 0.2) is 39.3 Å². The molecule has 2 rings (SSSR count). The first-order chi connectivity index (χ1) is 11.8. The zero-order valence-electron chi connectivity index (χ0n) is 13.2. The maximum absolute atomic E-state index is 11.4. The molecule has 25 heavy (non-hydrogen) atoms. The molecular formula is C16H13Br2NO6. The standard InChI is InChI=1S/C16H13Br2NO6/c1-23-14-4-3-10(8-13(14)19(21)22)25-16-11(17)5-9(6-12(16)18)7-15(20)24-2/h3-6,8H,7H2,1-2H3. The van der Waals surface area contributed by atoms with Crippen molar-refractivity contribution in [2.45, 2.75) is 6.42 Å². The third kappa shape index (κ3) is 4.70. The van der Waals surface area contributed by atoms with E-state index in [1.165, 1.54) is 26.4 Å². The van der Waals surface area contributed by atoms with Crippen LogP contribution in [0.25, 0.3) is 0 Å². The molecule has 0 aliphatic carbocycles. The van der Waals surface area contributed by atoms with Crippen molar-refractivity contribution in [3.05, 3.63) is 55.0 Å². The molecule has 0 radical (unpaired) electrons. The average Bonchev–Trinajstić information content (AvgIpc) is 2.57. The van der Waals surface area contributed by atoms with Gasteiger partial charge in [-0.1, -0.05) is 0 Å². The fraction of sp³-hybridized carbons (Fsp3) is 0.188. The third-order valence-corrected chi connectivity index (χ3v) is 4.38. The Morgan fingerprint density at radius 1 is 1.16 bits per heavy atom. The van der Waals surface area contributed by atoms with Crippen LogP contribution in [0.4, 0.5) is 5.69 Å². The number of hydrogen-bond donors (Lipinski definition) is 0. The molecule has 2 aromatic rings. The van der Waals surface area contributed by atoms with Crippen molar-refractivity contribution in [1.29, 1.82) is 0 Å². The second kappa shape index (κ2) is 8.30. The Bertz CT molecular complexity index is 801. The van der Waals surface area contributed by atoms with E-state index in [2.05, 4.69) is 36.6 Å². The minimum atomic E-state index is -0.546. The molecular weight excluding hydrogens is 462 g/mol. The fourth-order valence-corrected chi connectivity index (χ4v) is 3.49. The summed E-state index contributed by atoms with van der Waals surface area (Å²) in [6.07, 6.45) is 0.113. The highest BCUT2D eigenvalue weighted by Gasteiger charge is 2.18. The molecule has 0 bridgehead atoms.